The van der Waals surface area contributed by atoms with Crippen molar-refractivity contribution in [2.75, 3.05) is 17.7 Å². The Morgan fingerprint density at radius 3 is 2.67 bits per heavy atom. The SMILES string of the molecule is COC(=O)c1ccc(Cl)c(NC(=O)c2cnc(NC3CC3)cn2)c1. The van der Waals surface area contributed by atoms with Gasteiger partial charge in [0.15, 0.2) is 0 Å². The van der Waals surface area contributed by atoms with Crippen LogP contribution in [0.15, 0.2) is 30.6 Å². The number of rotatable bonds is 5. The van der Waals surface area contributed by atoms with E-state index in [2.05, 4.69) is 25.3 Å². The highest BCUT2D eigenvalue weighted by molar-refractivity contribution is 6.34. The third-order valence-electron chi connectivity index (χ3n) is 3.45. The second-order valence-electron chi connectivity index (χ2n) is 5.35. The summed E-state index contributed by atoms with van der Waals surface area (Å²) < 4.78 is 4.65. The molecule has 0 aliphatic heterocycles. The summed E-state index contributed by atoms with van der Waals surface area (Å²) in [5.74, 6) is -0.346. The number of anilines is 2. The molecule has 1 saturated carbocycles. The first-order valence-electron chi connectivity index (χ1n) is 7.34. The number of halogens is 1. The molecule has 0 unspecified atom stereocenters. The fourth-order valence-corrected chi connectivity index (χ4v) is 2.17. The fraction of sp³-hybridized carbons (Fsp3) is 0.250. The number of esters is 1. The second kappa shape index (κ2) is 6.84. The van der Waals surface area contributed by atoms with Gasteiger partial charge in [-0.25, -0.2) is 14.8 Å². The van der Waals surface area contributed by atoms with E-state index in [1.165, 1.54) is 37.7 Å². The Morgan fingerprint density at radius 1 is 1.25 bits per heavy atom. The molecule has 2 N–H and O–H groups in total. The number of hydrogen-bond donors (Lipinski definition) is 2. The van der Waals surface area contributed by atoms with Crippen molar-refractivity contribution in [3.05, 3.63) is 46.9 Å². The van der Waals surface area contributed by atoms with Gasteiger partial charge in [0, 0.05) is 6.04 Å². The molecule has 1 heterocycles. The number of nitrogens with one attached hydrogen (secondary N) is 2. The third-order valence-corrected chi connectivity index (χ3v) is 3.78. The molecule has 1 aromatic heterocycles. The molecule has 1 aromatic carbocycles. The van der Waals surface area contributed by atoms with Crippen LogP contribution in [0, 0.1) is 0 Å². The van der Waals surface area contributed by atoms with E-state index in [9.17, 15) is 9.59 Å². The minimum Gasteiger partial charge on any atom is -0.465 e. The molecular formula is C16H15ClN4O3. The molecule has 7 nitrogen and oxygen atoms in total. The fourth-order valence-electron chi connectivity index (χ4n) is 2.01. The van der Waals surface area contributed by atoms with Gasteiger partial charge in [-0.3, -0.25) is 4.79 Å². The van der Waals surface area contributed by atoms with Crippen LogP contribution in [-0.4, -0.2) is 35.0 Å². The summed E-state index contributed by atoms with van der Waals surface area (Å²) in [6.45, 7) is 0. The highest BCUT2D eigenvalue weighted by atomic mass is 35.5. The van der Waals surface area contributed by atoms with Gasteiger partial charge < -0.3 is 15.4 Å². The summed E-state index contributed by atoms with van der Waals surface area (Å²) in [5, 5.41) is 6.11. The van der Waals surface area contributed by atoms with Gasteiger partial charge in [0.05, 0.1) is 35.8 Å². The van der Waals surface area contributed by atoms with Crippen molar-refractivity contribution in [3.63, 3.8) is 0 Å². The van der Waals surface area contributed by atoms with E-state index in [1.807, 2.05) is 0 Å². The lowest BCUT2D eigenvalue weighted by molar-refractivity contribution is 0.0600. The molecule has 24 heavy (non-hydrogen) atoms. The standard InChI is InChI=1S/C16H15ClN4O3/c1-24-16(23)9-2-5-11(17)12(6-9)21-15(22)13-7-19-14(8-18-13)20-10-3-4-10/h2,5-8,10H,3-4H2,1H3,(H,19,20)(H,21,22). The lowest BCUT2D eigenvalue weighted by Crippen LogP contribution is -2.15. The van der Waals surface area contributed by atoms with E-state index in [4.69, 9.17) is 11.6 Å². The highest BCUT2D eigenvalue weighted by Crippen LogP contribution is 2.25. The first-order valence-corrected chi connectivity index (χ1v) is 7.72. The van der Waals surface area contributed by atoms with E-state index in [0.717, 1.165) is 12.8 Å². The average Bonchev–Trinajstić information content (AvgIpc) is 3.40. The van der Waals surface area contributed by atoms with Gasteiger partial charge in [0.25, 0.3) is 5.91 Å². The van der Waals surface area contributed by atoms with Crippen molar-refractivity contribution < 1.29 is 14.3 Å². The molecule has 1 aliphatic rings. The molecule has 1 aliphatic carbocycles. The smallest absolute Gasteiger partial charge is 0.337 e. The molecule has 124 valence electrons. The number of amides is 1. The molecule has 0 spiro atoms. The van der Waals surface area contributed by atoms with Crippen LogP contribution >= 0.6 is 11.6 Å². The highest BCUT2D eigenvalue weighted by Gasteiger charge is 2.21. The lowest BCUT2D eigenvalue weighted by atomic mass is 10.2. The van der Waals surface area contributed by atoms with Crippen LogP contribution in [0.5, 0.6) is 0 Å². The summed E-state index contributed by atoms with van der Waals surface area (Å²) in [7, 11) is 1.28. The molecular weight excluding hydrogens is 332 g/mol. The third kappa shape index (κ3) is 3.80. The Hall–Kier alpha value is -2.67. The van der Waals surface area contributed by atoms with Crippen molar-refractivity contribution in [1.82, 2.24) is 9.97 Å². The van der Waals surface area contributed by atoms with Crippen molar-refractivity contribution in [1.29, 1.82) is 0 Å². The van der Waals surface area contributed by atoms with Crippen molar-refractivity contribution in [2.24, 2.45) is 0 Å². The van der Waals surface area contributed by atoms with Crippen LogP contribution in [0.3, 0.4) is 0 Å². The van der Waals surface area contributed by atoms with Gasteiger partial charge in [0.1, 0.15) is 11.5 Å². The van der Waals surface area contributed by atoms with Crippen molar-refractivity contribution in [2.45, 2.75) is 18.9 Å². The minimum atomic E-state index is -0.516. The Balaban J connectivity index is 1.72. The number of aromatic nitrogens is 2. The summed E-state index contributed by atoms with van der Waals surface area (Å²) in [6.07, 6.45) is 5.15. The minimum absolute atomic E-state index is 0.149. The Kier molecular flexibility index (Phi) is 4.61. The van der Waals surface area contributed by atoms with E-state index in [0.29, 0.717) is 22.6 Å². The predicted octanol–water partition coefficient (Wildman–Crippen LogP) is 2.74. The molecule has 1 fully saturated rings. The number of methoxy groups -OCH3 is 1. The maximum atomic E-state index is 12.3. The number of ether oxygens (including phenoxy) is 1. The van der Waals surface area contributed by atoms with Crippen LogP contribution in [0.2, 0.25) is 5.02 Å². The summed E-state index contributed by atoms with van der Waals surface area (Å²) >= 11 is 6.05. The Labute approximate surface area is 143 Å². The van der Waals surface area contributed by atoms with E-state index >= 15 is 0 Å². The number of nitrogens with zero attached hydrogens (tertiary/aromatic N) is 2. The molecule has 0 bridgehead atoms. The quantitative estimate of drug-likeness (QED) is 0.808. The number of hydrogen-bond acceptors (Lipinski definition) is 6. The molecule has 0 radical (unpaired) electrons. The van der Waals surface area contributed by atoms with Gasteiger partial charge >= 0.3 is 5.97 Å². The molecule has 3 rings (SSSR count). The molecule has 0 atom stereocenters. The first-order chi connectivity index (χ1) is 11.6. The number of carbonyl (C=O) groups is 2. The topological polar surface area (TPSA) is 93.2 Å². The largest absolute Gasteiger partial charge is 0.465 e. The van der Waals surface area contributed by atoms with Gasteiger partial charge in [-0.15, -0.1) is 0 Å². The summed E-state index contributed by atoms with van der Waals surface area (Å²) in [4.78, 5) is 32.1. The van der Waals surface area contributed by atoms with Crippen LogP contribution in [0.4, 0.5) is 11.5 Å². The zero-order valence-electron chi connectivity index (χ0n) is 12.9. The van der Waals surface area contributed by atoms with E-state index in [-0.39, 0.29) is 11.3 Å². The van der Waals surface area contributed by atoms with Crippen LogP contribution in [0.1, 0.15) is 33.7 Å². The van der Waals surface area contributed by atoms with Gasteiger partial charge in [0.2, 0.25) is 0 Å². The maximum Gasteiger partial charge on any atom is 0.337 e. The van der Waals surface area contributed by atoms with Gasteiger partial charge in [-0.2, -0.15) is 0 Å². The Morgan fingerprint density at radius 2 is 2.04 bits per heavy atom. The van der Waals surface area contributed by atoms with Crippen LogP contribution in [0.25, 0.3) is 0 Å². The summed E-state index contributed by atoms with van der Waals surface area (Å²) in [6, 6.07) is 4.93. The normalized spacial score (nSPS) is 13.2. The van der Waals surface area contributed by atoms with Crippen LogP contribution in [-0.2, 0) is 4.74 Å². The molecule has 1 amide bonds. The first kappa shape index (κ1) is 16.2. The van der Waals surface area contributed by atoms with Crippen molar-refractivity contribution in [3.8, 4) is 0 Å². The zero-order chi connectivity index (χ0) is 17.1. The lowest BCUT2D eigenvalue weighted by Gasteiger charge is -2.09. The zero-order valence-corrected chi connectivity index (χ0v) is 13.6. The number of carbonyl (C=O) groups excluding carboxylic acids is 2. The predicted molar refractivity (Wildman–Crippen MR) is 89.4 cm³/mol. The van der Waals surface area contributed by atoms with Gasteiger partial charge in [-0.05, 0) is 31.0 Å². The second-order valence-corrected chi connectivity index (χ2v) is 5.75. The van der Waals surface area contributed by atoms with Crippen molar-refractivity contribution >= 4 is 35.0 Å². The Bertz CT molecular complexity index is 775. The van der Waals surface area contributed by atoms with E-state index in [1.54, 1.807) is 0 Å². The van der Waals surface area contributed by atoms with Gasteiger partial charge in [-0.1, -0.05) is 11.6 Å². The molecule has 0 saturated heterocycles. The number of benzene rings is 1. The monoisotopic (exact) mass is 346 g/mol. The van der Waals surface area contributed by atoms with Crippen LogP contribution < -0.4 is 10.6 Å². The molecule has 2 aromatic rings. The molecule has 8 heteroatoms. The average molecular weight is 347 g/mol. The maximum absolute atomic E-state index is 12.3. The van der Waals surface area contributed by atoms with E-state index < -0.39 is 11.9 Å². The summed E-state index contributed by atoms with van der Waals surface area (Å²) in [5.41, 5.74) is 0.731.